The van der Waals surface area contributed by atoms with E-state index in [2.05, 4.69) is 39.8 Å². The standard InChI is InChI=1S/C15H26/c1-12(2)6-5-7-14(4)15-10-8-13(3)9-11-15/h6,8,14-15H,5,7,9-11H2,1-4H3/t14-,15?/m0/s1. The quantitative estimate of drug-likeness (QED) is 0.560. The van der Waals surface area contributed by atoms with E-state index in [1.165, 1.54) is 37.7 Å². The molecule has 0 amide bonds. The molecule has 1 unspecified atom stereocenters. The molecule has 0 radical (unpaired) electrons. The molecular weight excluding hydrogens is 180 g/mol. The minimum Gasteiger partial charge on any atom is -0.0859 e. The average molecular weight is 206 g/mol. The fraction of sp³-hybridized carbons (Fsp3) is 0.733. The third-order valence-corrected chi connectivity index (χ3v) is 3.66. The number of hydrogen-bond donors (Lipinski definition) is 0. The molecule has 0 heteroatoms. The lowest BCUT2D eigenvalue weighted by molar-refractivity contribution is 0.312. The number of allylic oxidation sites excluding steroid dienone is 4. The zero-order valence-electron chi connectivity index (χ0n) is 10.8. The predicted molar refractivity (Wildman–Crippen MR) is 68.9 cm³/mol. The van der Waals surface area contributed by atoms with Crippen LogP contribution < -0.4 is 0 Å². The molecule has 1 rings (SSSR count). The van der Waals surface area contributed by atoms with E-state index in [1.807, 2.05) is 0 Å². The van der Waals surface area contributed by atoms with Crippen molar-refractivity contribution in [2.24, 2.45) is 11.8 Å². The van der Waals surface area contributed by atoms with Crippen LogP contribution in [0.15, 0.2) is 23.3 Å². The van der Waals surface area contributed by atoms with E-state index in [9.17, 15) is 0 Å². The van der Waals surface area contributed by atoms with Crippen molar-refractivity contribution in [1.82, 2.24) is 0 Å². The van der Waals surface area contributed by atoms with E-state index in [0.717, 1.165) is 11.8 Å². The maximum atomic E-state index is 2.45. The molecular formula is C15H26. The second-order valence-corrected chi connectivity index (χ2v) is 5.42. The summed E-state index contributed by atoms with van der Waals surface area (Å²) in [7, 11) is 0. The lowest BCUT2D eigenvalue weighted by Crippen LogP contribution is -2.14. The molecule has 0 fully saturated rings. The summed E-state index contributed by atoms with van der Waals surface area (Å²) in [5.74, 6) is 1.84. The van der Waals surface area contributed by atoms with Crippen LogP contribution in [-0.4, -0.2) is 0 Å². The van der Waals surface area contributed by atoms with E-state index in [1.54, 1.807) is 5.57 Å². The molecule has 15 heavy (non-hydrogen) atoms. The van der Waals surface area contributed by atoms with Gasteiger partial charge in [-0.3, -0.25) is 0 Å². The van der Waals surface area contributed by atoms with Crippen LogP contribution in [0, 0.1) is 11.8 Å². The van der Waals surface area contributed by atoms with Crippen molar-refractivity contribution in [3.63, 3.8) is 0 Å². The van der Waals surface area contributed by atoms with Crippen molar-refractivity contribution in [2.75, 3.05) is 0 Å². The highest BCUT2D eigenvalue weighted by Gasteiger charge is 2.18. The van der Waals surface area contributed by atoms with Crippen molar-refractivity contribution < 1.29 is 0 Å². The second-order valence-electron chi connectivity index (χ2n) is 5.42. The van der Waals surface area contributed by atoms with Gasteiger partial charge >= 0.3 is 0 Å². The Hall–Kier alpha value is -0.520. The highest BCUT2D eigenvalue weighted by atomic mass is 14.2. The van der Waals surface area contributed by atoms with Crippen LogP contribution in [0.3, 0.4) is 0 Å². The Labute approximate surface area is 95.5 Å². The van der Waals surface area contributed by atoms with Gasteiger partial charge in [0, 0.05) is 0 Å². The van der Waals surface area contributed by atoms with Crippen LogP contribution in [0.1, 0.15) is 59.8 Å². The molecule has 2 atom stereocenters. The van der Waals surface area contributed by atoms with Crippen LogP contribution in [0.4, 0.5) is 0 Å². The van der Waals surface area contributed by atoms with E-state index < -0.39 is 0 Å². The van der Waals surface area contributed by atoms with E-state index in [4.69, 9.17) is 0 Å². The van der Waals surface area contributed by atoms with Crippen molar-refractivity contribution in [2.45, 2.75) is 59.8 Å². The molecule has 0 saturated carbocycles. The molecule has 86 valence electrons. The van der Waals surface area contributed by atoms with Gasteiger partial charge in [0.15, 0.2) is 0 Å². The molecule has 0 heterocycles. The second kappa shape index (κ2) is 6.15. The van der Waals surface area contributed by atoms with Crippen molar-refractivity contribution in [3.05, 3.63) is 23.3 Å². The first-order valence-corrected chi connectivity index (χ1v) is 6.38. The molecule has 1 aliphatic carbocycles. The topological polar surface area (TPSA) is 0 Å². The predicted octanol–water partition coefficient (Wildman–Crippen LogP) is 5.12. The van der Waals surface area contributed by atoms with E-state index in [-0.39, 0.29) is 0 Å². The molecule has 0 spiro atoms. The molecule has 0 aromatic carbocycles. The zero-order valence-corrected chi connectivity index (χ0v) is 10.8. The Balaban J connectivity index is 2.29. The summed E-state index contributed by atoms with van der Waals surface area (Å²) >= 11 is 0. The van der Waals surface area contributed by atoms with Crippen LogP contribution in [0.25, 0.3) is 0 Å². The highest BCUT2D eigenvalue weighted by Crippen LogP contribution is 2.31. The van der Waals surface area contributed by atoms with Crippen LogP contribution in [-0.2, 0) is 0 Å². The smallest absolute Gasteiger partial charge is 0.0317 e. The van der Waals surface area contributed by atoms with Crippen molar-refractivity contribution in [1.29, 1.82) is 0 Å². The molecule has 0 aromatic rings. The minimum atomic E-state index is 0.893. The van der Waals surface area contributed by atoms with E-state index in [0.29, 0.717) is 0 Å². The molecule has 0 nitrogen and oxygen atoms in total. The summed E-state index contributed by atoms with van der Waals surface area (Å²) in [6.45, 7) is 9.08. The highest BCUT2D eigenvalue weighted by molar-refractivity contribution is 5.03. The van der Waals surface area contributed by atoms with Gasteiger partial charge in [-0.15, -0.1) is 0 Å². The van der Waals surface area contributed by atoms with Gasteiger partial charge in [0.25, 0.3) is 0 Å². The molecule has 0 aromatic heterocycles. The molecule has 1 aliphatic rings. The summed E-state index contributed by atoms with van der Waals surface area (Å²) in [5.41, 5.74) is 3.06. The average Bonchev–Trinajstić information content (AvgIpc) is 2.18. The van der Waals surface area contributed by atoms with Crippen molar-refractivity contribution >= 4 is 0 Å². The SMILES string of the molecule is CC(C)=CCC[C@H](C)C1CC=C(C)CC1. The van der Waals surface area contributed by atoms with Gasteiger partial charge in [-0.25, -0.2) is 0 Å². The Morgan fingerprint density at radius 3 is 2.80 bits per heavy atom. The zero-order chi connectivity index (χ0) is 11.3. The van der Waals surface area contributed by atoms with Gasteiger partial charge < -0.3 is 0 Å². The number of rotatable bonds is 4. The summed E-state index contributed by atoms with van der Waals surface area (Å²) in [6.07, 6.45) is 11.5. The van der Waals surface area contributed by atoms with E-state index >= 15 is 0 Å². The third kappa shape index (κ3) is 4.68. The summed E-state index contributed by atoms with van der Waals surface area (Å²) in [4.78, 5) is 0. The van der Waals surface area contributed by atoms with Crippen LogP contribution in [0.5, 0.6) is 0 Å². The van der Waals surface area contributed by atoms with Gasteiger partial charge in [0.05, 0.1) is 0 Å². The first kappa shape index (κ1) is 12.5. The first-order valence-electron chi connectivity index (χ1n) is 6.38. The Morgan fingerprint density at radius 1 is 1.53 bits per heavy atom. The van der Waals surface area contributed by atoms with Crippen LogP contribution >= 0.6 is 0 Å². The monoisotopic (exact) mass is 206 g/mol. The third-order valence-electron chi connectivity index (χ3n) is 3.66. The van der Waals surface area contributed by atoms with Gasteiger partial charge in [0.2, 0.25) is 0 Å². The first-order chi connectivity index (χ1) is 7.09. The molecule has 0 bridgehead atoms. The Kier molecular flexibility index (Phi) is 5.14. The van der Waals surface area contributed by atoms with Gasteiger partial charge in [-0.1, -0.05) is 30.2 Å². The van der Waals surface area contributed by atoms with Crippen LogP contribution in [0.2, 0.25) is 0 Å². The fourth-order valence-electron chi connectivity index (χ4n) is 2.37. The Bertz CT molecular complexity index is 241. The minimum absolute atomic E-state index is 0.893. The lowest BCUT2D eigenvalue weighted by atomic mass is 9.80. The Morgan fingerprint density at radius 2 is 2.27 bits per heavy atom. The van der Waals surface area contributed by atoms with Gasteiger partial charge in [-0.05, 0) is 64.7 Å². The van der Waals surface area contributed by atoms with Crippen molar-refractivity contribution in [3.8, 4) is 0 Å². The van der Waals surface area contributed by atoms with Gasteiger partial charge in [0.1, 0.15) is 0 Å². The normalized spacial score (nSPS) is 23.2. The maximum Gasteiger partial charge on any atom is -0.0317 e. The largest absolute Gasteiger partial charge is 0.0859 e. The van der Waals surface area contributed by atoms with Gasteiger partial charge in [-0.2, -0.15) is 0 Å². The molecule has 0 saturated heterocycles. The summed E-state index contributed by atoms with van der Waals surface area (Å²) in [5, 5.41) is 0. The summed E-state index contributed by atoms with van der Waals surface area (Å²) < 4.78 is 0. The summed E-state index contributed by atoms with van der Waals surface area (Å²) in [6, 6.07) is 0. The molecule has 0 N–H and O–H groups in total. The lowest BCUT2D eigenvalue weighted by Gasteiger charge is -2.26. The number of hydrogen-bond acceptors (Lipinski definition) is 0. The fourth-order valence-corrected chi connectivity index (χ4v) is 2.37. The maximum absolute atomic E-state index is 2.45. The molecule has 0 aliphatic heterocycles.